The Morgan fingerprint density at radius 2 is 2.00 bits per heavy atom. The molecule has 0 bridgehead atoms. The molecule has 0 spiro atoms. The Bertz CT molecular complexity index is 615. The maximum Gasteiger partial charge on any atom is 0.245 e. The van der Waals surface area contributed by atoms with Crippen LogP contribution in [0.15, 0.2) is 21.7 Å². The Balaban J connectivity index is 1.98. The third-order valence-corrected chi connectivity index (χ3v) is 4.10. The molecule has 1 aliphatic heterocycles. The third kappa shape index (κ3) is 4.93. The summed E-state index contributed by atoms with van der Waals surface area (Å²) < 4.78 is 22.3. The van der Waals surface area contributed by atoms with E-state index in [1.54, 1.807) is 33.3 Å². The second-order valence-corrected chi connectivity index (χ2v) is 6.24. The van der Waals surface area contributed by atoms with Crippen molar-refractivity contribution in [3.63, 3.8) is 0 Å². The fourth-order valence-electron chi connectivity index (χ4n) is 2.27. The van der Waals surface area contributed by atoms with Gasteiger partial charge in [0.2, 0.25) is 5.91 Å². The zero-order chi connectivity index (χ0) is 17.6. The maximum absolute atomic E-state index is 12.0. The molecule has 0 atom stereocenters. The summed E-state index contributed by atoms with van der Waals surface area (Å²) in [4.78, 5) is 12.0. The first kappa shape index (κ1) is 18.7. The number of hydrogen-bond donors (Lipinski definition) is 1. The molecule has 0 aromatic heterocycles. The normalized spacial score (nSPS) is 16.8. The number of hydrazone groups is 1. The molecule has 1 aliphatic rings. The molecular formula is C16H21BrN2O5. The molecule has 1 heterocycles. The molecule has 0 aliphatic carbocycles. The molecule has 1 N–H and O–H groups in total. The van der Waals surface area contributed by atoms with Gasteiger partial charge < -0.3 is 18.9 Å². The van der Waals surface area contributed by atoms with Crippen molar-refractivity contribution in [1.29, 1.82) is 0 Å². The van der Waals surface area contributed by atoms with Crippen LogP contribution >= 0.6 is 15.9 Å². The minimum atomic E-state index is -0.890. The van der Waals surface area contributed by atoms with E-state index in [9.17, 15) is 4.79 Å². The molecular weight excluding hydrogens is 380 g/mol. The summed E-state index contributed by atoms with van der Waals surface area (Å²) in [5.74, 6) is 0.0484. The fraction of sp³-hybridized carbons (Fsp3) is 0.500. The van der Waals surface area contributed by atoms with Gasteiger partial charge in [-0.3, -0.25) is 4.79 Å². The lowest BCUT2D eigenvalue weighted by atomic mass is 10.2. The van der Waals surface area contributed by atoms with Crippen molar-refractivity contribution in [1.82, 2.24) is 5.43 Å². The van der Waals surface area contributed by atoms with Crippen LogP contribution in [0.2, 0.25) is 0 Å². The van der Waals surface area contributed by atoms with Crippen molar-refractivity contribution in [2.45, 2.75) is 25.6 Å². The van der Waals surface area contributed by atoms with Gasteiger partial charge in [-0.1, -0.05) is 0 Å². The number of benzene rings is 1. The summed E-state index contributed by atoms with van der Waals surface area (Å²) in [5, 5.41) is 3.97. The number of carbonyl (C=O) groups excluding carboxylic acids is 1. The average molecular weight is 401 g/mol. The summed E-state index contributed by atoms with van der Waals surface area (Å²) in [6.45, 7) is 2.92. The zero-order valence-corrected chi connectivity index (χ0v) is 15.5. The second kappa shape index (κ2) is 8.46. The molecule has 2 rings (SSSR count). The maximum atomic E-state index is 12.0. The van der Waals surface area contributed by atoms with Crippen LogP contribution < -0.4 is 14.9 Å². The number of hydrogen-bond acceptors (Lipinski definition) is 6. The second-order valence-electron chi connectivity index (χ2n) is 5.38. The highest BCUT2D eigenvalue weighted by atomic mass is 79.9. The van der Waals surface area contributed by atoms with Crippen LogP contribution in [0.25, 0.3) is 0 Å². The highest BCUT2D eigenvalue weighted by molar-refractivity contribution is 9.10. The molecule has 132 valence electrons. The van der Waals surface area contributed by atoms with E-state index in [1.807, 2.05) is 0 Å². The third-order valence-electron chi connectivity index (χ3n) is 3.48. The van der Waals surface area contributed by atoms with Crippen molar-refractivity contribution in [3.8, 4) is 11.5 Å². The molecule has 24 heavy (non-hydrogen) atoms. The van der Waals surface area contributed by atoms with E-state index in [0.29, 0.717) is 30.3 Å². The summed E-state index contributed by atoms with van der Waals surface area (Å²) in [6.07, 6.45) is 2.42. The van der Waals surface area contributed by atoms with Gasteiger partial charge in [0.15, 0.2) is 5.79 Å². The average Bonchev–Trinajstić information content (AvgIpc) is 2.55. The fourth-order valence-corrected chi connectivity index (χ4v) is 2.79. The number of carbonyl (C=O) groups is 1. The molecule has 1 aromatic carbocycles. The highest BCUT2D eigenvalue weighted by Crippen LogP contribution is 2.31. The van der Waals surface area contributed by atoms with E-state index in [4.69, 9.17) is 18.9 Å². The van der Waals surface area contributed by atoms with Crippen LogP contribution in [0.1, 0.15) is 25.3 Å². The number of nitrogens with one attached hydrogen (secondary N) is 1. The first-order valence-corrected chi connectivity index (χ1v) is 8.28. The van der Waals surface area contributed by atoms with Gasteiger partial charge in [-0.15, -0.1) is 0 Å². The van der Waals surface area contributed by atoms with Crippen LogP contribution in [0.3, 0.4) is 0 Å². The number of nitrogens with zero attached hydrogens (tertiary/aromatic N) is 1. The summed E-state index contributed by atoms with van der Waals surface area (Å²) >= 11 is 3.40. The van der Waals surface area contributed by atoms with Crippen molar-refractivity contribution >= 4 is 28.1 Å². The summed E-state index contributed by atoms with van der Waals surface area (Å²) in [6, 6.07) is 3.53. The van der Waals surface area contributed by atoms with Gasteiger partial charge in [-0.2, -0.15) is 5.10 Å². The Labute approximate surface area is 149 Å². The van der Waals surface area contributed by atoms with E-state index >= 15 is 0 Å². The predicted molar refractivity (Wildman–Crippen MR) is 92.5 cm³/mol. The van der Waals surface area contributed by atoms with Crippen molar-refractivity contribution < 1.29 is 23.7 Å². The van der Waals surface area contributed by atoms with Crippen LogP contribution in [0.5, 0.6) is 11.5 Å². The largest absolute Gasteiger partial charge is 0.496 e. The molecule has 8 heteroatoms. The molecule has 1 fully saturated rings. The monoisotopic (exact) mass is 400 g/mol. The molecule has 0 radical (unpaired) electrons. The Morgan fingerprint density at radius 3 is 2.62 bits per heavy atom. The molecule has 1 saturated heterocycles. The summed E-state index contributed by atoms with van der Waals surface area (Å²) in [7, 11) is 3.13. The van der Waals surface area contributed by atoms with Crippen molar-refractivity contribution in [2.75, 3.05) is 27.4 Å². The van der Waals surface area contributed by atoms with Gasteiger partial charge in [0.1, 0.15) is 11.5 Å². The van der Waals surface area contributed by atoms with E-state index in [-0.39, 0.29) is 12.3 Å². The first-order valence-electron chi connectivity index (χ1n) is 7.49. The number of amides is 1. The standard InChI is InChI=1S/C16H21BrN2O5/c1-16(23-5-4-6-24-16)9-15(20)19-18-10-11-7-12(17)14(22-3)8-13(11)21-2/h7-8,10H,4-6,9H2,1-3H3,(H,19,20)/b18-10-. The highest BCUT2D eigenvalue weighted by Gasteiger charge is 2.31. The topological polar surface area (TPSA) is 78.4 Å². The Morgan fingerprint density at radius 1 is 1.33 bits per heavy atom. The SMILES string of the molecule is COc1cc(OC)c(/C=N\NC(=O)CC2(C)OCCCO2)cc1Br. The number of methoxy groups -OCH3 is 2. The van der Waals surface area contributed by atoms with Gasteiger partial charge in [-0.05, 0) is 35.3 Å². The quantitative estimate of drug-likeness (QED) is 0.585. The smallest absolute Gasteiger partial charge is 0.245 e. The first-order chi connectivity index (χ1) is 11.5. The van der Waals surface area contributed by atoms with Crippen molar-refractivity contribution in [2.24, 2.45) is 5.10 Å². The van der Waals surface area contributed by atoms with E-state index in [0.717, 1.165) is 10.9 Å². The number of rotatable bonds is 6. The van der Waals surface area contributed by atoms with Crippen LogP contribution in [-0.2, 0) is 14.3 Å². The van der Waals surface area contributed by atoms with E-state index < -0.39 is 5.79 Å². The zero-order valence-electron chi connectivity index (χ0n) is 13.9. The lowest BCUT2D eigenvalue weighted by Gasteiger charge is -2.33. The van der Waals surface area contributed by atoms with Gasteiger partial charge in [0.25, 0.3) is 0 Å². The van der Waals surface area contributed by atoms with Gasteiger partial charge in [0, 0.05) is 11.6 Å². The molecule has 7 nitrogen and oxygen atoms in total. The molecule has 1 aromatic rings. The predicted octanol–water partition coefficient (Wildman–Crippen LogP) is 2.46. The van der Waals surface area contributed by atoms with Gasteiger partial charge in [-0.25, -0.2) is 5.43 Å². The van der Waals surface area contributed by atoms with Crippen LogP contribution in [0, 0.1) is 0 Å². The van der Waals surface area contributed by atoms with E-state index in [1.165, 1.54) is 6.21 Å². The Kier molecular flexibility index (Phi) is 6.59. The van der Waals surface area contributed by atoms with E-state index in [2.05, 4.69) is 26.5 Å². The Hall–Kier alpha value is -1.64. The molecule has 0 saturated carbocycles. The number of halogens is 1. The van der Waals surface area contributed by atoms with Crippen molar-refractivity contribution in [3.05, 3.63) is 22.2 Å². The molecule has 1 amide bonds. The van der Waals surface area contributed by atoms with Crippen LogP contribution in [0.4, 0.5) is 0 Å². The minimum absolute atomic E-state index is 0.0772. The summed E-state index contributed by atoms with van der Waals surface area (Å²) in [5.41, 5.74) is 3.17. The lowest BCUT2D eigenvalue weighted by Crippen LogP contribution is -2.41. The lowest BCUT2D eigenvalue weighted by molar-refractivity contribution is -0.256. The minimum Gasteiger partial charge on any atom is -0.496 e. The number of ether oxygens (including phenoxy) is 4. The van der Waals surface area contributed by atoms with Gasteiger partial charge in [0.05, 0.1) is 44.5 Å². The molecule has 0 unspecified atom stereocenters. The van der Waals surface area contributed by atoms with Gasteiger partial charge >= 0.3 is 0 Å². The van der Waals surface area contributed by atoms with Crippen LogP contribution in [-0.4, -0.2) is 45.3 Å².